The SMILES string of the molecule is CC/C=C\C/C=C\C/C=C\C/C=C\C/C=C\CCCCCC(=O)OC(COCCCCCCCCCCCC/C=C\CCCCCCCC)COC1OC(CO)C(O)C(O)C1O. The quantitative estimate of drug-likeness (QED) is 0.0269. The van der Waals surface area contributed by atoms with Crippen LogP contribution < -0.4 is 0 Å². The standard InChI is InChI=1S/C53H92O9/c1-3-5-7-9-11-13-15-17-19-21-23-25-27-29-31-33-35-37-39-41-43-59-45-47(46-60-53-52(58)51(57)50(56)48(44-54)62-53)61-49(55)42-40-38-36-34-32-30-28-26-24-22-20-18-16-14-12-10-8-6-4-2/h6,8,12,14,17-20,24,26,30,32,47-48,50-54,56-58H,3-5,7,9-11,13,15-16,21-23,25,27-29,31,33-46H2,1-2H3/b8-6-,14-12-,19-17-,20-18-,26-24-,32-30-. The Hall–Kier alpha value is -2.37. The molecule has 9 nitrogen and oxygen atoms in total. The van der Waals surface area contributed by atoms with Gasteiger partial charge in [-0.05, 0) is 83.5 Å². The number of ether oxygens (including phenoxy) is 4. The number of carbonyl (C=O) groups is 1. The highest BCUT2D eigenvalue weighted by Crippen LogP contribution is 2.22. The first-order valence-electron chi connectivity index (χ1n) is 25.0. The molecular weight excluding hydrogens is 781 g/mol. The molecular formula is C53H92O9. The van der Waals surface area contributed by atoms with Crippen molar-refractivity contribution in [2.45, 2.75) is 230 Å². The second-order valence-electron chi connectivity index (χ2n) is 16.9. The average Bonchev–Trinajstić information content (AvgIpc) is 3.27. The first-order valence-corrected chi connectivity index (χ1v) is 25.0. The summed E-state index contributed by atoms with van der Waals surface area (Å²) in [5, 5.41) is 40.2. The molecule has 0 radical (unpaired) electrons. The number of esters is 1. The Morgan fingerprint density at radius 3 is 1.50 bits per heavy atom. The molecule has 1 rings (SSSR count). The van der Waals surface area contributed by atoms with Crippen LogP contribution >= 0.6 is 0 Å². The fourth-order valence-electron chi connectivity index (χ4n) is 7.22. The second-order valence-corrected chi connectivity index (χ2v) is 16.9. The molecule has 1 aliphatic heterocycles. The molecule has 0 bridgehead atoms. The van der Waals surface area contributed by atoms with Crippen molar-refractivity contribution >= 4 is 5.97 Å². The summed E-state index contributed by atoms with van der Waals surface area (Å²) in [5.74, 6) is -0.346. The first-order chi connectivity index (χ1) is 30.4. The number of rotatable bonds is 42. The van der Waals surface area contributed by atoms with Crippen molar-refractivity contribution in [2.75, 3.05) is 26.4 Å². The number of hydrogen-bond donors (Lipinski definition) is 4. The van der Waals surface area contributed by atoms with Crippen LogP contribution in [0.3, 0.4) is 0 Å². The van der Waals surface area contributed by atoms with Gasteiger partial charge in [-0.15, -0.1) is 0 Å². The van der Waals surface area contributed by atoms with Crippen LogP contribution in [-0.2, 0) is 23.7 Å². The summed E-state index contributed by atoms with van der Waals surface area (Å²) in [6, 6.07) is 0. The molecule has 1 fully saturated rings. The number of unbranched alkanes of at least 4 members (excludes halogenated alkanes) is 19. The minimum atomic E-state index is -1.55. The van der Waals surface area contributed by atoms with Gasteiger partial charge in [0.25, 0.3) is 0 Å². The lowest BCUT2D eigenvalue weighted by atomic mass is 9.99. The van der Waals surface area contributed by atoms with E-state index in [1.165, 1.54) is 103 Å². The Balaban J connectivity index is 2.25. The summed E-state index contributed by atoms with van der Waals surface area (Å²) in [6.45, 7) is 4.40. The van der Waals surface area contributed by atoms with Gasteiger partial charge < -0.3 is 39.4 Å². The molecule has 1 saturated heterocycles. The Kier molecular flexibility index (Phi) is 40.8. The van der Waals surface area contributed by atoms with Gasteiger partial charge in [0.1, 0.15) is 30.5 Å². The van der Waals surface area contributed by atoms with E-state index in [1.807, 2.05) is 0 Å². The van der Waals surface area contributed by atoms with E-state index in [9.17, 15) is 25.2 Å². The number of aliphatic hydroxyl groups is 4. The predicted octanol–water partition coefficient (Wildman–Crippen LogP) is 12.0. The lowest BCUT2D eigenvalue weighted by Gasteiger charge is -2.39. The molecule has 6 unspecified atom stereocenters. The highest BCUT2D eigenvalue weighted by molar-refractivity contribution is 5.69. The van der Waals surface area contributed by atoms with Gasteiger partial charge in [-0.1, -0.05) is 177 Å². The molecule has 0 aromatic carbocycles. The third-order valence-corrected chi connectivity index (χ3v) is 11.1. The Morgan fingerprint density at radius 1 is 0.532 bits per heavy atom. The number of allylic oxidation sites excluding steroid dienone is 12. The third-order valence-electron chi connectivity index (χ3n) is 11.1. The molecule has 0 aromatic rings. The maximum Gasteiger partial charge on any atom is 0.306 e. The molecule has 358 valence electrons. The molecule has 0 amide bonds. The molecule has 1 aliphatic rings. The minimum Gasteiger partial charge on any atom is -0.457 e. The molecule has 0 aliphatic carbocycles. The first kappa shape index (κ1) is 57.6. The van der Waals surface area contributed by atoms with E-state index in [4.69, 9.17) is 18.9 Å². The number of hydrogen-bond acceptors (Lipinski definition) is 9. The normalized spacial score (nSPS) is 20.4. The Bertz CT molecular complexity index is 1180. The van der Waals surface area contributed by atoms with Gasteiger partial charge in [0.15, 0.2) is 6.29 Å². The monoisotopic (exact) mass is 873 g/mol. The summed E-state index contributed by atoms with van der Waals surface area (Å²) >= 11 is 0. The van der Waals surface area contributed by atoms with Crippen molar-refractivity contribution in [3.05, 3.63) is 72.9 Å². The van der Waals surface area contributed by atoms with Crippen LogP contribution in [0.25, 0.3) is 0 Å². The summed E-state index contributed by atoms with van der Waals surface area (Å²) in [7, 11) is 0. The predicted molar refractivity (Wildman–Crippen MR) is 256 cm³/mol. The molecule has 0 spiro atoms. The van der Waals surface area contributed by atoms with E-state index < -0.39 is 43.4 Å². The third kappa shape index (κ3) is 34.1. The smallest absolute Gasteiger partial charge is 0.306 e. The lowest BCUT2D eigenvalue weighted by Crippen LogP contribution is -2.59. The Morgan fingerprint density at radius 2 is 0.984 bits per heavy atom. The molecule has 0 saturated carbocycles. The zero-order chi connectivity index (χ0) is 45.0. The van der Waals surface area contributed by atoms with Crippen molar-refractivity contribution in [2.24, 2.45) is 0 Å². The van der Waals surface area contributed by atoms with Crippen molar-refractivity contribution in [1.29, 1.82) is 0 Å². The van der Waals surface area contributed by atoms with Crippen LogP contribution in [0.1, 0.15) is 194 Å². The maximum absolute atomic E-state index is 12.8. The number of carbonyl (C=O) groups excluding carboxylic acids is 1. The highest BCUT2D eigenvalue weighted by Gasteiger charge is 2.44. The van der Waals surface area contributed by atoms with Gasteiger partial charge in [0, 0.05) is 13.0 Å². The van der Waals surface area contributed by atoms with Gasteiger partial charge in [0.2, 0.25) is 0 Å². The van der Waals surface area contributed by atoms with Gasteiger partial charge in [-0.3, -0.25) is 4.79 Å². The molecule has 0 aromatic heterocycles. The van der Waals surface area contributed by atoms with Crippen molar-refractivity contribution in [3.63, 3.8) is 0 Å². The van der Waals surface area contributed by atoms with Gasteiger partial charge in [-0.25, -0.2) is 0 Å². The van der Waals surface area contributed by atoms with E-state index in [-0.39, 0.29) is 25.6 Å². The molecule has 4 N–H and O–H groups in total. The van der Waals surface area contributed by atoms with E-state index in [0.717, 1.165) is 64.2 Å². The van der Waals surface area contributed by atoms with Crippen molar-refractivity contribution in [3.8, 4) is 0 Å². The fourth-order valence-corrected chi connectivity index (χ4v) is 7.22. The molecule has 1 heterocycles. The number of aliphatic hydroxyl groups excluding tert-OH is 4. The summed E-state index contributed by atoms with van der Waals surface area (Å²) in [4.78, 5) is 12.8. The lowest BCUT2D eigenvalue weighted by molar-refractivity contribution is -0.305. The van der Waals surface area contributed by atoms with Crippen LogP contribution in [0, 0.1) is 0 Å². The van der Waals surface area contributed by atoms with Gasteiger partial charge in [-0.2, -0.15) is 0 Å². The van der Waals surface area contributed by atoms with E-state index in [0.29, 0.717) is 13.0 Å². The molecule has 62 heavy (non-hydrogen) atoms. The minimum absolute atomic E-state index is 0.127. The summed E-state index contributed by atoms with van der Waals surface area (Å²) < 4.78 is 22.8. The van der Waals surface area contributed by atoms with Crippen LogP contribution in [0.2, 0.25) is 0 Å². The topological polar surface area (TPSA) is 135 Å². The van der Waals surface area contributed by atoms with Crippen molar-refractivity contribution in [1.82, 2.24) is 0 Å². The Labute approximate surface area is 378 Å². The zero-order valence-electron chi connectivity index (χ0n) is 39.3. The van der Waals surface area contributed by atoms with Crippen LogP contribution in [0.5, 0.6) is 0 Å². The summed E-state index contributed by atoms with van der Waals surface area (Å²) in [6.07, 6.45) is 50.7. The van der Waals surface area contributed by atoms with E-state index >= 15 is 0 Å². The molecule has 9 heteroatoms. The zero-order valence-corrected chi connectivity index (χ0v) is 39.3. The summed E-state index contributed by atoms with van der Waals surface area (Å²) in [5.41, 5.74) is 0. The van der Waals surface area contributed by atoms with Gasteiger partial charge in [0.05, 0.1) is 19.8 Å². The van der Waals surface area contributed by atoms with E-state index in [2.05, 4.69) is 86.8 Å². The largest absolute Gasteiger partial charge is 0.457 e. The highest BCUT2D eigenvalue weighted by atomic mass is 16.7. The van der Waals surface area contributed by atoms with Crippen LogP contribution in [0.15, 0.2) is 72.9 Å². The van der Waals surface area contributed by atoms with E-state index in [1.54, 1.807) is 0 Å². The van der Waals surface area contributed by atoms with Crippen LogP contribution in [-0.4, -0.2) is 89.6 Å². The molecule has 6 atom stereocenters. The fraction of sp³-hybridized carbons (Fsp3) is 0.755. The maximum atomic E-state index is 12.8. The van der Waals surface area contributed by atoms with Crippen LogP contribution in [0.4, 0.5) is 0 Å². The van der Waals surface area contributed by atoms with Crippen molar-refractivity contribution < 1.29 is 44.2 Å². The second kappa shape index (κ2) is 43.9. The average molecular weight is 873 g/mol. The van der Waals surface area contributed by atoms with Gasteiger partial charge >= 0.3 is 5.97 Å².